The summed E-state index contributed by atoms with van der Waals surface area (Å²) in [6.07, 6.45) is -11.3. The van der Waals surface area contributed by atoms with E-state index in [1.54, 1.807) is 5.43 Å². The van der Waals surface area contributed by atoms with Crippen LogP contribution < -0.4 is 5.43 Å². The van der Waals surface area contributed by atoms with Crippen LogP contribution in [0.2, 0.25) is 0 Å². The standard InChI is InChI=1S/C9H14F6N2O2/c1-4-19-7(18)5(16-17(2)3)6(8(10,11)12)9(13,14)15/h5-6,16H,4H2,1-3H3. The number of hydrogen-bond acceptors (Lipinski definition) is 4. The molecular weight excluding hydrogens is 282 g/mol. The molecule has 0 heterocycles. The molecule has 0 spiro atoms. The molecular formula is C9H14F6N2O2. The lowest BCUT2D eigenvalue weighted by atomic mass is 9.99. The summed E-state index contributed by atoms with van der Waals surface area (Å²) in [5.74, 6) is -5.46. The Kier molecular flexibility index (Phi) is 6.07. The van der Waals surface area contributed by atoms with Gasteiger partial charge in [-0.3, -0.25) is 4.79 Å². The van der Waals surface area contributed by atoms with E-state index < -0.39 is 30.3 Å². The topological polar surface area (TPSA) is 41.6 Å². The number of carbonyl (C=O) groups is 1. The molecule has 19 heavy (non-hydrogen) atoms. The van der Waals surface area contributed by atoms with E-state index in [0.29, 0.717) is 0 Å². The average molecular weight is 296 g/mol. The molecule has 114 valence electrons. The highest BCUT2D eigenvalue weighted by Gasteiger charge is 2.62. The Labute approximate surface area is 105 Å². The Morgan fingerprint density at radius 1 is 1.16 bits per heavy atom. The lowest BCUT2D eigenvalue weighted by molar-refractivity contribution is -0.293. The number of halogens is 6. The van der Waals surface area contributed by atoms with Crippen LogP contribution in [0.25, 0.3) is 0 Å². The Morgan fingerprint density at radius 2 is 1.58 bits per heavy atom. The molecule has 1 unspecified atom stereocenters. The first-order valence-corrected chi connectivity index (χ1v) is 5.14. The Balaban J connectivity index is 5.43. The van der Waals surface area contributed by atoms with Gasteiger partial charge in [-0.05, 0) is 6.92 Å². The number of esters is 1. The number of nitrogens with one attached hydrogen (secondary N) is 1. The zero-order chi connectivity index (χ0) is 15.4. The largest absolute Gasteiger partial charge is 0.465 e. The van der Waals surface area contributed by atoms with Crippen molar-refractivity contribution in [2.45, 2.75) is 25.3 Å². The van der Waals surface area contributed by atoms with Gasteiger partial charge in [0, 0.05) is 14.1 Å². The van der Waals surface area contributed by atoms with E-state index in [4.69, 9.17) is 0 Å². The summed E-state index contributed by atoms with van der Waals surface area (Å²) in [7, 11) is 2.33. The van der Waals surface area contributed by atoms with Gasteiger partial charge < -0.3 is 4.74 Å². The first kappa shape index (κ1) is 18.0. The predicted octanol–water partition coefficient (Wildman–Crippen LogP) is 1.73. The van der Waals surface area contributed by atoms with E-state index in [-0.39, 0.29) is 6.61 Å². The lowest BCUT2D eigenvalue weighted by Crippen LogP contribution is -2.58. The average Bonchev–Trinajstić information content (AvgIpc) is 2.11. The van der Waals surface area contributed by atoms with E-state index in [2.05, 4.69) is 4.74 Å². The molecule has 0 bridgehead atoms. The van der Waals surface area contributed by atoms with Crippen LogP contribution in [-0.2, 0) is 9.53 Å². The van der Waals surface area contributed by atoms with Gasteiger partial charge in [-0.1, -0.05) is 0 Å². The number of carbonyl (C=O) groups excluding carboxylic acids is 1. The fourth-order valence-electron chi connectivity index (χ4n) is 1.34. The molecule has 0 aromatic heterocycles. The smallest absolute Gasteiger partial charge is 0.402 e. The van der Waals surface area contributed by atoms with Crippen LogP contribution in [-0.4, -0.2) is 50.1 Å². The molecule has 10 heteroatoms. The summed E-state index contributed by atoms with van der Waals surface area (Å²) in [5.41, 5.74) is 1.80. The van der Waals surface area contributed by atoms with E-state index in [1.807, 2.05) is 0 Å². The van der Waals surface area contributed by atoms with Crippen molar-refractivity contribution in [2.75, 3.05) is 20.7 Å². The first-order valence-electron chi connectivity index (χ1n) is 5.14. The number of alkyl halides is 6. The van der Waals surface area contributed by atoms with Gasteiger partial charge in [0.05, 0.1) is 6.61 Å². The summed E-state index contributed by atoms with van der Waals surface area (Å²) in [5, 5.41) is 0.825. The molecule has 0 rings (SSSR count). The zero-order valence-electron chi connectivity index (χ0n) is 10.4. The van der Waals surface area contributed by atoms with E-state index in [9.17, 15) is 31.1 Å². The van der Waals surface area contributed by atoms with Gasteiger partial charge in [0.15, 0.2) is 5.92 Å². The summed E-state index contributed by atoms with van der Waals surface area (Å²) in [6, 6.07) is -2.59. The number of hydrogen-bond donors (Lipinski definition) is 1. The highest BCUT2D eigenvalue weighted by atomic mass is 19.4. The third-order valence-corrected chi connectivity index (χ3v) is 1.98. The van der Waals surface area contributed by atoms with Gasteiger partial charge in [0.2, 0.25) is 0 Å². The molecule has 0 radical (unpaired) electrons. The molecule has 4 nitrogen and oxygen atoms in total. The van der Waals surface area contributed by atoms with Crippen LogP contribution >= 0.6 is 0 Å². The number of hydrazine groups is 1. The lowest BCUT2D eigenvalue weighted by Gasteiger charge is -2.31. The Bertz CT molecular complexity index is 288. The van der Waals surface area contributed by atoms with E-state index in [1.165, 1.54) is 6.92 Å². The van der Waals surface area contributed by atoms with Crippen LogP contribution in [0.4, 0.5) is 26.3 Å². The van der Waals surface area contributed by atoms with Gasteiger partial charge in [-0.2, -0.15) is 26.3 Å². The maximum atomic E-state index is 12.5. The molecule has 0 aliphatic carbocycles. The summed E-state index contributed by atoms with van der Waals surface area (Å²) in [4.78, 5) is 11.3. The summed E-state index contributed by atoms with van der Waals surface area (Å²) in [6.45, 7) is 0.952. The maximum Gasteiger partial charge on any atom is 0.402 e. The fourth-order valence-corrected chi connectivity index (χ4v) is 1.34. The molecule has 0 aliphatic heterocycles. The van der Waals surface area contributed by atoms with Gasteiger partial charge in [0.25, 0.3) is 0 Å². The highest BCUT2D eigenvalue weighted by Crippen LogP contribution is 2.41. The van der Waals surface area contributed by atoms with Crippen molar-refractivity contribution in [1.29, 1.82) is 0 Å². The van der Waals surface area contributed by atoms with Crippen LogP contribution in [0.15, 0.2) is 0 Å². The van der Waals surface area contributed by atoms with Gasteiger partial charge >= 0.3 is 18.3 Å². The van der Waals surface area contributed by atoms with Crippen molar-refractivity contribution < 1.29 is 35.9 Å². The second-order valence-corrected chi connectivity index (χ2v) is 3.81. The number of rotatable bonds is 5. The first-order chi connectivity index (χ1) is 8.41. The highest BCUT2D eigenvalue weighted by molar-refractivity contribution is 5.76. The van der Waals surface area contributed by atoms with Crippen LogP contribution in [0.1, 0.15) is 6.92 Å². The van der Waals surface area contributed by atoms with Gasteiger partial charge in [-0.15, -0.1) is 0 Å². The molecule has 0 saturated heterocycles. The van der Waals surface area contributed by atoms with Crippen LogP contribution in [0, 0.1) is 5.92 Å². The van der Waals surface area contributed by atoms with Gasteiger partial charge in [-0.25, -0.2) is 10.4 Å². The molecule has 1 atom stereocenters. The molecule has 0 fully saturated rings. The van der Waals surface area contributed by atoms with Crippen molar-refractivity contribution >= 4 is 5.97 Å². The van der Waals surface area contributed by atoms with E-state index >= 15 is 0 Å². The quantitative estimate of drug-likeness (QED) is 0.476. The minimum Gasteiger partial charge on any atom is -0.465 e. The van der Waals surface area contributed by atoms with Gasteiger partial charge in [0.1, 0.15) is 6.04 Å². The summed E-state index contributed by atoms with van der Waals surface area (Å²) >= 11 is 0. The number of ether oxygens (including phenoxy) is 1. The second kappa shape index (κ2) is 6.42. The Hall–Kier alpha value is -1.03. The van der Waals surface area contributed by atoms with Crippen molar-refractivity contribution in [3.8, 4) is 0 Å². The van der Waals surface area contributed by atoms with Crippen molar-refractivity contribution in [2.24, 2.45) is 5.92 Å². The van der Waals surface area contributed by atoms with Crippen molar-refractivity contribution in [3.63, 3.8) is 0 Å². The minimum absolute atomic E-state index is 0.327. The molecule has 0 amide bonds. The van der Waals surface area contributed by atoms with Crippen LogP contribution in [0.5, 0.6) is 0 Å². The molecule has 0 aliphatic rings. The Morgan fingerprint density at radius 3 is 1.84 bits per heavy atom. The number of nitrogens with zero attached hydrogens (tertiary/aromatic N) is 1. The monoisotopic (exact) mass is 296 g/mol. The SMILES string of the molecule is CCOC(=O)C(NN(C)C)C(C(F)(F)F)C(F)(F)F. The predicted molar refractivity (Wildman–Crippen MR) is 52.8 cm³/mol. The molecule has 0 aromatic rings. The zero-order valence-corrected chi connectivity index (χ0v) is 10.4. The second-order valence-electron chi connectivity index (χ2n) is 3.81. The van der Waals surface area contributed by atoms with Crippen molar-refractivity contribution in [3.05, 3.63) is 0 Å². The van der Waals surface area contributed by atoms with Crippen LogP contribution in [0.3, 0.4) is 0 Å². The molecule has 0 aromatic carbocycles. The van der Waals surface area contributed by atoms with E-state index in [0.717, 1.165) is 19.1 Å². The molecule has 1 N–H and O–H groups in total. The fraction of sp³-hybridized carbons (Fsp3) is 0.889. The third kappa shape index (κ3) is 5.64. The molecule has 0 saturated carbocycles. The normalized spacial score (nSPS) is 14.9. The third-order valence-electron chi connectivity index (χ3n) is 1.98. The summed E-state index contributed by atoms with van der Waals surface area (Å²) < 4.78 is 79.4. The maximum absolute atomic E-state index is 12.5. The van der Waals surface area contributed by atoms with Crippen molar-refractivity contribution in [1.82, 2.24) is 10.4 Å². The minimum atomic E-state index is -5.63.